The van der Waals surface area contributed by atoms with Crippen molar-refractivity contribution in [2.24, 2.45) is 0 Å². The van der Waals surface area contributed by atoms with E-state index in [1.54, 1.807) is 6.08 Å². The van der Waals surface area contributed by atoms with Gasteiger partial charge in [-0.05, 0) is 75.4 Å². The van der Waals surface area contributed by atoms with E-state index in [4.69, 9.17) is 17.0 Å². The first-order valence-corrected chi connectivity index (χ1v) is 13.1. The quantitative estimate of drug-likeness (QED) is 0.432. The Morgan fingerprint density at radius 3 is 2.64 bits per heavy atom. The Balaban J connectivity index is 1.58. The predicted molar refractivity (Wildman–Crippen MR) is 142 cm³/mol. The van der Waals surface area contributed by atoms with Gasteiger partial charge in [0.2, 0.25) is 11.0 Å². The number of carbonyl (C=O) groups is 1. The molecule has 1 saturated heterocycles. The zero-order valence-electron chi connectivity index (χ0n) is 20.4. The molecule has 0 bridgehead atoms. The molecule has 10 heteroatoms. The van der Waals surface area contributed by atoms with Gasteiger partial charge in [0, 0.05) is 41.3 Å². The fraction of sp³-hybridized carbons (Fsp3) is 0.308. The van der Waals surface area contributed by atoms with E-state index in [-0.39, 0.29) is 16.6 Å². The molecule has 36 heavy (non-hydrogen) atoms. The second-order valence-corrected chi connectivity index (χ2v) is 10.6. The van der Waals surface area contributed by atoms with E-state index in [1.807, 2.05) is 49.9 Å². The Labute approximate surface area is 216 Å². The molecule has 1 fully saturated rings. The van der Waals surface area contributed by atoms with E-state index < -0.39 is 5.56 Å². The third-order valence-corrected chi connectivity index (χ3v) is 7.92. The molecule has 1 aromatic carbocycles. The second-order valence-electron chi connectivity index (χ2n) is 9.15. The van der Waals surface area contributed by atoms with Crippen LogP contribution in [-0.4, -0.2) is 43.2 Å². The highest BCUT2D eigenvalue weighted by Crippen LogP contribution is 2.25. The van der Waals surface area contributed by atoms with Gasteiger partial charge in [0.15, 0.2) is 5.49 Å². The Hall–Kier alpha value is -3.43. The lowest BCUT2D eigenvalue weighted by Gasteiger charge is -2.25. The van der Waals surface area contributed by atoms with Gasteiger partial charge in [-0.1, -0.05) is 29.0 Å². The molecule has 1 amide bonds. The van der Waals surface area contributed by atoms with Crippen molar-refractivity contribution >= 4 is 41.0 Å². The molecule has 1 aromatic heterocycles. The van der Waals surface area contributed by atoms with Crippen LogP contribution in [0.5, 0.6) is 0 Å². The van der Waals surface area contributed by atoms with Gasteiger partial charge in [-0.3, -0.25) is 20.1 Å². The average Bonchev–Trinajstić information content (AvgIpc) is 3.38. The maximum Gasteiger partial charge on any atom is 0.283 e. The lowest BCUT2D eigenvalue weighted by Crippen LogP contribution is -2.47. The zero-order valence-corrected chi connectivity index (χ0v) is 22.0. The van der Waals surface area contributed by atoms with Gasteiger partial charge in [0.1, 0.15) is 4.66 Å². The van der Waals surface area contributed by atoms with E-state index in [0.29, 0.717) is 14.8 Å². The van der Waals surface area contributed by atoms with Crippen molar-refractivity contribution in [3.63, 3.8) is 0 Å². The predicted octanol–water partition coefficient (Wildman–Crippen LogP) is 2.53. The van der Waals surface area contributed by atoms with E-state index in [1.165, 1.54) is 22.1 Å². The number of aromatic nitrogens is 4. The van der Waals surface area contributed by atoms with Crippen LogP contribution in [0.4, 0.5) is 0 Å². The summed E-state index contributed by atoms with van der Waals surface area (Å²) in [7, 11) is 0. The molecule has 3 aliphatic rings. The van der Waals surface area contributed by atoms with Crippen LogP contribution in [-0.2, 0) is 4.79 Å². The molecule has 0 aliphatic carbocycles. The molecule has 0 spiro atoms. The molecular weight excluding hydrogens is 496 g/mol. The smallest absolute Gasteiger partial charge is 0.283 e. The van der Waals surface area contributed by atoms with Crippen molar-refractivity contribution in [1.82, 2.24) is 24.2 Å². The lowest BCUT2D eigenvalue weighted by molar-refractivity contribution is -0.125. The number of H-pyrrole nitrogens is 1. The summed E-state index contributed by atoms with van der Waals surface area (Å²) in [5.74, 6) is -0.0672. The number of carbonyl (C=O) groups excluding carboxylic acids is 1. The molecule has 2 N–H and O–H groups in total. The summed E-state index contributed by atoms with van der Waals surface area (Å²) in [6.07, 6.45) is 6.40. The monoisotopic (exact) mass is 522 g/mol. The highest BCUT2D eigenvalue weighted by molar-refractivity contribution is 7.11. The summed E-state index contributed by atoms with van der Waals surface area (Å²) in [5.41, 5.74) is 4.17. The third-order valence-electron chi connectivity index (χ3n) is 6.63. The number of nitrogens with zero attached hydrogens (tertiary/aromatic N) is 4. The Morgan fingerprint density at radius 2 is 1.92 bits per heavy atom. The van der Waals surface area contributed by atoms with Crippen LogP contribution in [0.25, 0.3) is 23.0 Å². The fourth-order valence-electron chi connectivity index (χ4n) is 4.64. The summed E-state index contributed by atoms with van der Waals surface area (Å²) >= 11 is 7.54. The number of rotatable bonds is 3. The van der Waals surface area contributed by atoms with Crippen molar-refractivity contribution in [1.29, 1.82) is 5.41 Å². The second kappa shape index (κ2) is 9.55. The molecule has 2 aromatic rings. The number of likely N-dealkylation sites (tertiary alicyclic amines) is 1. The Bertz CT molecular complexity index is 1690. The van der Waals surface area contributed by atoms with Gasteiger partial charge in [0.05, 0.1) is 5.22 Å². The molecule has 8 nitrogen and oxygen atoms in total. The van der Waals surface area contributed by atoms with E-state index in [9.17, 15) is 9.59 Å². The first-order chi connectivity index (χ1) is 17.2. The van der Waals surface area contributed by atoms with E-state index in [2.05, 4.69) is 14.6 Å². The van der Waals surface area contributed by atoms with Crippen LogP contribution in [0.3, 0.4) is 0 Å². The number of hydrogen-bond acceptors (Lipinski definition) is 5. The highest BCUT2D eigenvalue weighted by Gasteiger charge is 2.16. The van der Waals surface area contributed by atoms with Crippen LogP contribution in [0.15, 0.2) is 29.1 Å². The molecule has 4 heterocycles. The van der Waals surface area contributed by atoms with Crippen LogP contribution >= 0.6 is 22.9 Å². The minimum Gasteiger partial charge on any atom is -0.339 e. The van der Waals surface area contributed by atoms with Gasteiger partial charge < -0.3 is 9.47 Å². The largest absolute Gasteiger partial charge is 0.339 e. The minimum atomic E-state index is -0.479. The molecule has 3 aliphatic heterocycles. The van der Waals surface area contributed by atoms with Crippen molar-refractivity contribution in [3.05, 3.63) is 77.5 Å². The molecule has 0 radical (unpaired) electrons. The van der Waals surface area contributed by atoms with Crippen LogP contribution < -0.4 is 20.9 Å². The summed E-state index contributed by atoms with van der Waals surface area (Å²) < 4.78 is 4.07. The van der Waals surface area contributed by atoms with Crippen LogP contribution in [0.1, 0.15) is 41.8 Å². The van der Waals surface area contributed by atoms with Gasteiger partial charge in [0.25, 0.3) is 5.56 Å². The first-order valence-electron chi connectivity index (χ1n) is 11.9. The number of aryl methyl sites for hydroxylation is 2. The number of benzene rings is 1. The highest BCUT2D eigenvalue weighted by atomic mass is 35.5. The van der Waals surface area contributed by atoms with Gasteiger partial charge in [-0.15, -0.1) is 0 Å². The first kappa shape index (κ1) is 24.3. The average molecular weight is 523 g/mol. The molecule has 0 unspecified atom stereocenters. The van der Waals surface area contributed by atoms with E-state index in [0.717, 1.165) is 60.6 Å². The number of amides is 1. The van der Waals surface area contributed by atoms with Crippen molar-refractivity contribution in [3.8, 4) is 10.8 Å². The van der Waals surface area contributed by atoms with E-state index >= 15 is 0 Å². The van der Waals surface area contributed by atoms with Crippen LogP contribution in [0.2, 0.25) is 5.02 Å². The van der Waals surface area contributed by atoms with Gasteiger partial charge in [-0.2, -0.15) is 4.98 Å². The SMILES string of the molecule is Cc1ccc(-n2c(C)cc(/C=c3/c(=O)nc4s/c(=C/C(=O)N5CCCCC5)[nH]n-4c3=N)c2C)cc1Cl. The maximum atomic E-state index is 12.9. The standard InChI is InChI=1S/C26H27ClN6O2S/c1-15-7-8-19(13-21(15)27)32-16(2)11-18(17(32)3)12-20-24(28)33-26(29-25(20)35)36-22(30-33)14-23(34)31-9-5-4-6-10-31/h7-8,11-14,28,30H,4-6,9-10H2,1-3H3/b20-12+,22-14+,28-24?. The number of hydrogen-bond donors (Lipinski definition) is 2. The normalized spacial score (nSPS) is 15.3. The molecule has 0 atom stereocenters. The molecule has 0 saturated carbocycles. The number of piperidine rings is 1. The van der Waals surface area contributed by atoms with Crippen molar-refractivity contribution in [2.75, 3.05) is 13.1 Å². The summed E-state index contributed by atoms with van der Waals surface area (Å²) in [6.45, 7) is 7.43. The minimum absolute atomic E-state index is 0.00509. The summed E-state index contributed by atoms with van der Waals surface area (Å²) in [4.78, 5) is 31.6. The summed E-state index contributed by atoms with van der Waals surface area (Å²) in [6, 6.07) is 7.88. The van der Waals surface area contributed by atoms with Crippen LogP contribution in [0, 0.1) is 26.2 Å². The number of halogens is 1. The maximum absolute atomic E-state index is 12.9. The topological polar surface area (TPSA) is 99.8 Å². The van der Waals surface area contributed by atoms with Crippen molar-refractivity contribution in [2.45, 2.75) is 40.0 Å². The van der Waals surface area contributed by atoms with Crippen molar-refractivity contribution < 1.29 is 4.79 Å². The zero-order chi connectivity index (χ0) is 25.6. The Kier molecular flexibility index (Phi) is 6.44. The molecule has 5 rings (SSSR count). The van der Waals surface area contributed by atoms with Gasteiger partial charge >= 0.3 is 0 Å². The molecule has 186 valence electrons. The number of aromatic amines is 1. The van der Waals surface area contributed by atoms with Gasteiger partial charge in [-0.25, -0.2) is 4.68 Å². The Morgan fingerprint density at radius 1 is 1.17 bits per heavy atom. The summed E-state index contributed by atoms with van der Waals surface area (Å²) in [5, 5.41) is 13.0. The molecular formula is C26H27ClN6O2S. The fourth-order valence-corrected chi connectivity index (χ4v) is 5.66. The third kappa shape index (κ3) is 4.44. The lowest BCUT2D eigenvalue weighted by atomic mass is 10.1. The number of fused-ring (bicyclic) bond motifs is 1. The number of nitrogens with one attached hydrogen (secondary N) is 2.